The Morgan fingerprint density at radius 3 is 1.17 bits per heavy atom. The van der Waals surface area contributed by atoms with Crippen LogP contribution < -0.4 is 26.9 Å². The van der Waals surface area contributed by atoms with Crippen molar-refractivity contribution in [3.05, 3.63) is 91.0 Å². The van der Waals surface area contributed by atoms with Gasteiger partial charge >= 0.3 is 23.9 Å². The van der Waals surface area contributed by atoms with Gasteiger partial charge in [-0.15, -0.1) is 0 Å². The molecule has 8 N–H and O–H groups in total. The molecule has 4 unspecified atom stereocenters. The first-order valence-electron chi connectivity index (χ1n) is 37.2. The number of esters is 4. The number of aliphatic hydroxyl groups excluding tert-OH is 2. The molecule has 0 aromatic heterocycles. The molecule has 0 radical (unpaired) electrons. The van der Waals surface area contributed by atoms with Gasteiger partial charge in [0.1, 0.15) is 22.8 Å². The molecular weight excluding hydrogens is 1340 g/mol. The number of ketones is 2. The second-order valence-electron chi connectivity index (χ2n) is 30.8. The van der Waals surface area contributed by atoms with Gasteiger partial charge in [0.25, 0.3) is 0 Å². The number of hydrogen-bond acceptors (Lipinski definition) is 20. The summed E-state index contributed by atoms with van der Waals surface area (Å²) in [6, 6.07) is 31.9. The molecule has 2 spiro atoms. The van der Waals surface area contributed by atoms with E-state index in [1.807, 2.05) is 0 Å². The van der Waals surface area contributed by atoms with Crippen LogP contribution in [0.5, 0.6) is 0 Å². The van der Waals surface area contributed by atoms with Crippen molar-refractivity contribution in [2.45, 2.75) is 251 Å². The van der Waals surface area contributed by atoms with Gasteiger partial charge in [0.2, 0.25) is 11.8 Å². The quantitative estimate of drug-likeness (QED) is 0.0130. The second-order valence-corrected chi connectivity index (χ2v) is 34.0. The van der Waals surface area contributed by atoms with Crippen LogP contribution in [-0.2, 0) is 66.8 Å². The van der Waals surface area contributed by atoms with Crippen molar-refractivity contribution in [1.82, 2.24) is 11.0 Å². The summed E-state index contributed by atoms with van der Waals surface area (Å²) >= 11 is 0. The molecule has 2 saturated heterocycles. The molecule has 22 nitrogen and oxygen atoms in total. The van der Waals surface area contributed by atoms with Gasteiger partial charge in [-0.1, -0.05) is 97.3 Å². The van der Waals surface area contributed by atoms with Crippen molar-refractivity contribution >= 4 is 76.4 Å². The average molecular weight is 1460 g/mol. The van der Waals surface area contributed by atoms with Crippen LogP contribution in [0, 0.1) is 47.3 Å². The summed E-state index contributed by atoms with van der Waals surface area (Å²) in [4.78, 5) is 96.1. The monoisotopic (exact) mass is 1460 g/mol. The van der Waals surface area contributed by atoms with Crippen molar-refractivity contribution in [3.8, 4) is 0 Å². The van der Waals surface area contributed by atoms with Crippen LogP contribution in [-0.4, -0.2) is 158 Å². The Bertz CT molecular complexity index is 3100. The first kappa shape index (κ1) is 87.4. The highest BCUT2D eigenvalue weighted by Crippen LogP contribution is 2.48. The minimum Gasteiger partial charge on any atom is -0.466 e. The number of rotatable bonds is 20. The van der Waals surface area contributed by atoms with Gasteiger partial charge in [-0.05, 0) is 240 Å². The number of aliphatic hydroxyl groups is 4. The van der Waals surface area contributed by atoms with E-state index >= 15 is 0 Å². The zero-order valence-electron chi connectivity index (χ0n) is 62.8. The molecule has 0 bridgehead atoms. The van der Waals surface area contributed by atoms with E-state index in [1.54, 1.807) is 66.4 Å². The van der Waals surface area contributed by atoms with Gasteiger partial charge in [0.05, 0.1) is 65.2 Å². The summed E-state index contributed by atoms with van der Waals surface area (Å²) in [6.07, 6.45) is 19.7. The third-order valence-corrected chi connectivity index (χ3v) is 24.4. The maximum absolute atomic E-state index is 12.6. The molecule has 2 heterocycles. The first-order valence-corrected chi connectivity index (χ1v) is 39.2. The van der Waals surface area contributed by atoms with Gasteiger partial charge in [0, 0.05) is 44.2 Å². The van der Waals surface area contributed by atoms with E-state index in [4.69, 9.17) is 55.3 Å². The Balaban J connectivity index is 0.000000232. The van der Waals surface area contributed by atoms with Crippen LogP contribution in [0.4, 0.5) is 0 Å². The fourth-order valence-corrected chi connectivity index (χ4v) is 18.5. The van der Waals surface area contributed by atoms with Gasteiger partial charge in [-0.3, -0.25) is 48.8 Å². The third kappa shape index (κ3) is 26.4. The number of carbonyl (C=O) groups excluding carboxylic acids is 8. The molecule has 2 aliphatic heterocycles. The molecule has 103 heavy (non-hydrogen) atoms. The number of carbonyl (C=O) groups is 8. The average Bonchev–Trinajstić information content (AvgIpc) is 0.847. The summed E-state index contributed by atoms with van der Waals surface area (Å²) in [6.45, 7) is 17.4. The lowest BCUT2D eigenvalue weighted by atomic mass is 9.67. The maximum atomic E-state index is 12.6. The molecule has 2 amide bonds. The van der Waals surface area contributed by atoms with E-state index in [0.717, 1.165) is 64.6 Å². The normalized spacial score (nSPS) is 27.6. The molecule has 3 aromatic carbocycles. The van der Waals surface area contributed by atoms with Gasteiger partial charge < -0.3 is 48.8 Å². The zero-order valence-corrected chi connectivity index (χ0v) is 63.7. The number of nitrogens with one attached hydrogen (secondary N) is 2. The fourth-order valence-electron chi connectivity index (χ4n) is 15.5. The Morgan fingerprint density at radius 1 is 0.466 bits per heavy atom. The minimum absolute atomic E-state index is 0.0110. The van der Waals surface area contributed by atoms with Crippen molar-refractivity contribution in [2.24, 2.45) is 47.3 Å². The lowest BCUT2D eigenvalue weighted by Crippen LogP contribution is -2.49. The molecule has 12 atom stereocenters. The lowest BCUT2D eigenvalue weighted by molar-refractivity contribution is -0.176. The molecule has 6 aliphatic rings. The summed E-state index contributed by atoms with van der Waals surface area (Å²) < 4.78 is 32.8. The molecule has 9 rings (SSSR count). The first-order chi connectivity index (χ1) is 48.7. The van der Waals surface area contributed by atoms with E-state index in [9.17, 15) is 48.6 Å². The van der Waals surface area contributed by atoms with E-state index < -0.39 is 100 Å². The zero-order chi connectivity index (χ0) is 76.2. The molecule has 576 valence electrons. The number of amides is 2. The van der Waals surface area contributed by atoms with Crippen LogP contribution in [0.2, 0.25) is 0 Å². The number of hydrogen-bond donors (Lipinski definition) is 8. The maximum Gasteiger partial charge on any atom is 0.310 e. The number of ether oxygens (including phenoxy) is 6. The molecule has 6 fully saturated rings. The standard InChI is InChI=1S/C19H17P.C18H32O6.C17H30O6.2C13H21NO4/c1-20(17-11-5-2-6-12-17,18-13-7-3-8-14-18)19-15-9-4-10-16-19;1-5-23-15(20)13-8-10-18(22,9-6-7-11-19)12-14(13)16(21)24-17(2,3)4;1-5-22-14(19)12-7-9-17(21,8-6-10-18)11-13(12)15(20)23-16(2,3)4;1-9(15)11-8-13(5-2-3-7-18-13)6-4-10(11)12(16)14-17;1-9(15)10-4-6-13(5-2-3-7-18-13)8-11(10)12(16)14-17/h2-16H,1H2;13-14,19,22H,5-12H2,1-4H3;12-13,18,21H,5-11H2,1-4H3;2*10-11,17H,2-8H2,1H3,(H,14,16)/t;13-,14-,18?;12-,13-,17?;2*10-,11+,13?/m.0001/s1. The lowest BCUT2D eigenvalue weighted by Gasteiger charge is -2.45. The van der Waals surface area contributed by atoms with Crippen molar-refractivity contribution in [1.29, 1.82) is 0 Å². The molecule has 4 saturated carbocycles. The van der Waals surface area contributed by atoms with Crippen LogP contribution >= 0.6 is 6.89 Å². The van der Waals surface area contributed by atoms with E-state index in [-0.39, 0.29) is 73.9 Å². The summed E-state index contributed by atoms with van der Waals surface area (Å²) in [7, 11) is 0. The summed E-state index contributed by atoms with van der Waals surface area (Å²) in [5.74, 6) is -6.66. The Morgan fingerprint density at radius 2 is 0.825 bits per heavy atom. The number of unbranched alkanes of at least 4 members (excludes halogenated alkanes) is 1. The predicted molar refractivity (Wildman–Crippen MR) is 394 cm³/mol. The fraction of sp³-hybridized carbons (Fsp3) is 0.662. The van der Waals surface area contributed by atoms with Gasteiger partial charge in [-0.2, -0.15) is 0 Å². The number of hydroxylamine groups is 2. The van der Waals surface area contributed by atoms with Crippen LogP contribution in [0.1, 0.15) is 217 Å². The van der Waals surface area contributed by atoms with Crippen molar-refractivity contribution < 1.29 is 97.6 Å². The molecular formula is C80H121N2O20P. The Kier molecular flexibility index (Phi) is 34.9. The van der Waals surface area contributed by atoms with E-state index in [2.05, 4.69) is 91.0 Å². The highest BCUT2D eigenvalue weighted by molar-refractivity contribution is 7.93. The van der Waals surface area contributed by atoms with E-state index in [0.29, 0.717) is 83.5 Å². The number of Topliss-reactive ketones (excluding diaryl/α,β-unsaturated/α-hetero) is 2. The van der Waals surface area contributed by atoms with E-state index in [1.165, 1.54) is 29.8 Å². The Hall–Kier alpha value is -6.20. The SMILES string of the molecule is C=P(c1ccccc1)(c1ccccc1)c1ccccc1.CC(=O)[C@H]1CC2(CCCCO2)CC[C@@H]1C(=O)NO.CC(=O)[C@H]1CCC2(CCCCO2)C[C@@H]1C(=O)NO.CCOC(=O)[C@H]1CCC(O)(CCCCO)C[C@@H]1C(=O)OC(C)(C)C.CCOC(=O)[C@H]1CCC(O)(CCCO)C[C@@H]1C(=O)OC(C)(C)C. The van der Waals surface area contributed by atoms with Crippen LogP contribution in [0.3, 0.4) is 0 Å². The second kappa shape index (κ2) is 41.1. The Labute approximate surface area is 610 Å². The topological polar surface area (TPSA) is 337 Å². The smallest absolute Gasteiger partial charge is 0.310 e. The summed E-state index contributed by atoms with van der Waals surface area (Å²) in [5.41, 5.74) is -0.437. The van der Waals surface area contributed by atoms with Crippen molar-refractivity contribution in [2.75, 3.05) is 39.6 Å². The molecule has 23 heteroatoms. The van der Waals surface area contributed by atoms with Gasteiger partial charge in [-0.25, -0.2) is 11.0 Å². The molecule has 3 aromatic rings. The van der Waals surface area contributed by atoms with Crippen molar-refractivity contribution in [3.63, 3.8) is 0 Å². The number of benzene rings is 3. The highest BCUT2D eigenvalue weighted by Gasteiger charge is 2.51. The predicted octanol–water partition coefficient (Wildman–Crippen LogP) is 10.3. The highest BCUT2D eigenvalue weighted by atomic mass is 31.2. The third-order valence-electron chi connectivity index (χ3n) is 20.8. The minimum atomic E-state index is -1.78. The van der Waals surface area contributed by atoms with Gasteiger partial charge in [0.15, 0.2) is 0 Å². The summed E-state index contributed by atoms with van der Waals surface area (Å²) in [5, 5.41) is 60.9. The van der Waals surface area contributed by atoms with Crippen LogP contribution in [0.25, 0.3) is 0 Å². The van der Waals surface area contributed by atoms with Crippen LogP contribution in [0.15, 0.2) is 91.0 Å². The molecule has 4 aliphatic carbocycles. The largest absolute Gasteiger partial charge is 0.466 e.